The second-order valence-corrected chi connectivity index (χ2v) is 7.57. The second-order valence-electron chi connectivity index (χ2n) is 7.57. The molecule has 1 spiro atoms. The van der Waals surface area contributed by atoms with Gasteiger partial charge in [-0.05, 0) is 24.5 Å². The summed E-state index contributed by atoms with van der Waals surface area (Å²) in [4.78, 5) is 28.8. The SMILES string of the molecule is O=C1CC2(CCN(C(=O)c3ccoc3)CC2)CN1CC=Cc1ccccc1. The number of piperidine rings is 1. The summed E-state index contributed by atoms with van der Waals surface area (Å²) in [5.74, 6) is 0.243. The number of carbonyl (C=O) groups is 2. The van der Waals surface area contributed by atoms with E-state index < -0.39 is 0 Å². The molecule has 1 aromatic carbocycles. The lowest BCUT2D eigenvalue weighted by molar-refractivity contribution is -0.127. The van der Waals surface area contributed by atoms with E-state index >= 15 is 0 Å². The van der Waals surface area contributed by atoms with Crippen molar-refractivity contribution < 1.29 is 14.0 Å². The molecule has 4 rings (SSSR count). The molecular weight excluding hydrogens is 340 g/mol. The maximum atomic E-state index is 12.5. The van der Waals surface area contributed by atoms with Gasteiger partial charge in [0.1, 0.15) is 6.26 Å². The van der Waals surface area contributed by atoms with E-state index in [0.717, 1.165) is 24.9 Å². The van der Waals surface area contributed by atoms with Crippen molar-refractivity contribution in [1.82, 2.24) is 9.80 Å². The third-order valence-electron chi connectivity index (χ3n) is 5.72. The van der Waals surface area contributed by atoms with E-state index in [4.69, 9.17) is 4.42 Å². The van der Waals surface area contributed by atoms with Gasteiger partial charge < -0.3 is 14.2 Å². The molecule has 2 aliphatic heterocycles. The van der Waals surface area contributed by atoms with Crippen molar-refractivity contribution in [3.8, 4) is 0 Å². The largest absolute Gasteiger partial charge is 0.472 e. The van der Waals surface area contributed by atoms with Crippen LogP contribution < -0.4 is 0 Å². The molecule has 27 heavy (non-hydrogen) atoms. The summed E-state index contributed by atoms with van der Waals surface area (Å²) >= 11 is 0. The van der Waals surface area contributed by atoms with Crippen LogP contribution in [0.5, 0.6) is 0 Å². The van der Waals surface area contributed by atoms with Crippen LogP contribution in [0, 0.1) is 5.41 Å². The van der Waals surface area contributed by atoms with Crippen LogP contribution in [0.4, 0.5) is 0 Å². The first kappa shape index (κ1) is 17.6. The summed E-state index contributed by atoms with van der Waals surface area (Å²) in [6.45, 7) is 2.84. The average molecular weight is 364 g/mol. The summed E-state index contributed by atoms with van der Waals surface area (Å²) < 4.78 is 5.01. The molecule has 5 nitrogen and oxygen atoms in total. The lowest BCUT2D eigenvalue weighted by atomic mass is 9.77. The Balaban J connectivity index is 1.32. The van der Waals surface area contributed by atoms with E-state index in [9.17, 15) is 9.59 Å². The van der Waals surface area contributed by atoms with E-state index in [1.165, 1.54) is 12.5 Å². The molecule has 5 heteroatoms. The third-order valence-corrected chi connectivity index (χ3v) is 5.72. The maximum Gasteiger partial charge on any atom is 0.257 e. The normalized spacial score (nSPS) is 19.3. The van der Waals surface area contributed by atoms with Crippen LogP contribution in [0.3, 0.4) is 0 Å². The highest BCUT2D eigenvalue weighted by atomic mass is 16.3. The predicted octanol–water partition coefficient (Wildman–Crippen LogP) is 3.45. The Hall–Kier alpha value is -2.82. The summed E-state index contributed by atoms with van der Waals surface area (Å²) in [6.07, 6.45) is 9.48. The zero-order valence-corrected chi connectivity index (χ0v) is 15.3. The fourth-order valence-electron chi connectivity index (χ4n) is 4.12. The fraction of sp³-hybridized carbons (Fsp3) is 0.364. The monoisotopic (exact) mass is 364 g/mol. The van der Waals surface area contributed by atoms with Gasteiger partial charge in [-0.15, -0.1) is 0 Å². The molecule has 0 atom stereocenters. The predicted molar refractivity (Wildman–Crippen MR) is 103 cm³/mol. The van der Waals surface area contributed by atoms with Gasteiger partial charge in [0.05, 0.1) is 11.8 Å². The third kappa shape index (κ3) is 3.82. The van der Waals surface area contributed by atoms with Crippen LogP contribution in [-0.2, 0) is 4.79 Å². The number of carbonyl (C=O) groups excluding carboxylic acids is 2. The minimum absolute atomic E-state index is 0.0187. The molecule has 0 radical (unpaired) electrons. The number of likely N-dealkylation sites (tertiary alicyclic amines) is 2. The first-order valence-electron chi connectivity index (χ1n) is 9.46. The molecule has 0 bridgehead atoms. The van der Waals surface area contributed by atoms with Gasteiger partial charge in [-0.1, -0.05) is 42.5 Å². The van der Waals surface area contributed by atoms with Gasteiger partial charge in [-0.25, -0.2) is 0 Å². The van der Waals surface area contributed by atoms with Crippen LogP contribution in [-0.4, -0.2) is 47.8 Å². The number of nitrogens with zero attached hydrogens (tertiary/aromatic N) is 2. The molecule has 140 valence electrons. The zero-order valence-electron chi connectivity index (χ0n) is 15.3. The molecule has 2 amide bonds. The van der Waals surface area contributed by atoms with E-state index in [1.807, 2.05) is 28.0 Å². The van der Waals surface area contributed by atoms with Gasteiger partial charge in [-0.3, -0.25) is 9.59 Å². The van der Waals surface area contributed by atoms with Crippen molar-refractivity contribution in [3.63, 3.8) is 0 Å². The summed E-state index contributed by atoms with van der Waals surface area (Å²) in [5.41, 5.74) is 1.76. The van der Waals surface area contributed by atoms with Gasteiger partial charge in [0.15, 0.2) is 0 Å². The van der Waals surface area contributed by atoms with Crippen LogP contribution in [0.2, 0.25) is 0 Å². The van der Waals surface area contributed by atoms with E-state index in [2.05, 4.69) is 24.3 Å². The van der Waals surface area contributed by atoms with E-state index in [1.54, 1.807) is 6.07 Å². The Morgan fingerprint density at radius 2 is 1.93 bits per heavy atom. The van der Waals surface area contributed by atoms with Crippen molar-refractivity contribution >= 4 is 17.9 Å². The molecule has 0 saturated carbocycles. The molecule has 2 aliphatic rings. The smallest absolute Gasteiger partial charge is 0.257 e. The number of rotatable bonds is 4. The van der Waals surface area contributed by atoms with E-state index in [0.29, 0.717) is 31.6 Å². The molecule has 2 fully saturated rings. The van der Waals surface area contributed by atoms with Gasteiger partial charge in [-0.2, -0.15) is 0 Å². The molecule has 0 unspecified atom stereocenters. The molecule has 0 aliphatic carbocycles. The number of amides is 2. The minimum Gasteiger partial charge on any atom is -0.472 e. The van der Waals surface area contributed by atoms with Crippen molar-refractivity contribution in [1.29, 1.82) is 0 Å². The Morgan fingerprint density at radius 3 is 2.63 bits per heavy atom. The topological polar surface area (TPSA) is 53.8 Å². The Morgan fingerprint density at radius 1 is 1.15 bits per heavy atom. The quantitative estimate of drug-likeness (QED) is 0.835. The van der Waals surface area contributed by atoms with Gasteiger partial charge in [0, 0.05) is 38.0 Å². The Bertz CT molecular complexity index is 819. The van der Waals surface area contributed by atoms with Crippen LogP contribution in [0.25, 0.3) is 6.08 Å². The molecule has 3 heterocycles. The highest BCUT2D eigenvalue weighted by Crippen LogP contribution is 2.41. The van der Waals surface area contributed by atoms with Crippen LogP contribution in [0.1, 0.15) is 35.2 Å². The number of furan rings is 1. The molecule has 1 aromatic heterocycles. The fourth-order valence-corrected chi connectivity index (χ4v) is 4.12. The van der Waals surface area contributed by atoms with E-state index in [-0.39, 0.29) is 17.2 Å². The average Bonchev–Trinajstić information content (AvgIpc) is 3.32. The van der Waals surface area contributed by atoms with Crippen LogP contribution in [0.15, 0.2) is 59.4 Å². The van der Waals surface area contributed by atoms with Crippen molar-refractivity contribution in [2.24, 2.45) is 5.41 Å². The summed E-state index contributed by atoms with van der Waals surface area (Å²) in [7, 11) is 0. The van der Waals surface area contributed by atoms with Crippen molar-refractivity contribution in [2.45, 2.75) is 19.3 Å². The maximum absolute atomic E-state index is 12.5. The molecule has 2 saturated heterocycles. The zero-order chi connectivity index (χ0) is 18.7. The number of hydrogen-bond acceptors (Lipinski definition) is 3. The summed E-state index contributed by atoms with van der Waals surface area (Å²) in [5, 5.41) is 0. The Labute approximate surface area is 159 Å². The molecule has 0 N–H and O–H groups in total. The van der Waals surface area contributed by atoms with Gasteiger partial charge in [0.2, 0.25) is 5.91 Å². The van der Waals surface area contributed by atoms with Gasteiger partial charge >= 0.3 is 0 Å². The second kappa shape index (κ2) is 7.43. The first-order valence-corrected chi connectivity index (χ1v) is 9.46. The number of benzene rings is 1. The lowest BCUT2D eigenvalue weighted by Gasteiger charge is -2.38. The Kier molecular flexibility index (Phi) is 4.84. The van der Waals surface area contributed by atoms with Crippen LogP contribution >= 0.6 is 0 Å². The van der Waals surface area contributed by atoms with Gasteiger partial charge in [0.25, 0.3) is 5.91 Å². The molecular formula is C22H24N2O3. The first-order chi connectivity index (χ1) is 13.2. The number of hydrogen-bond donors (Lipinski definition) is 0. The summed E-state index contributed by atoms with van der Waals surface area (Å²) in [6, 6.07) is 11.8. The standard InChI is InChI=1S/C22H24N2O3/c25-20-15-22(17-24(20)11-4-7-18-5-2-1-3-6-18)9-12-23(13-10-22)21(26)19-8-14-27-16-19/h1-8,14,16H,9-13,15,17H2. The van der Waals surface area contributed by atoms with Crippen molar-refractivity contribution in [2.75, 3.05) is 26.2 Å². The molecule has 2 aromatic rings. The highest BCUT2D eigenvalue weighted by molar-refractivity contribution is 5.93. The highest BCUT2D eigenvalue weighted by Gasteiger charge is 2.45. The van der Waals surface area contributed by atoms with Crippen molar-refractivity contribution in [3.05, 3.63) is 66.1 Å². The lowest BCUT2D eigenvalue weighted by Crippen LogP contribution is -2.44. The minimum atomic E-state index is 0.0187.